The van der Waals surface area contributed by atoms with Gasteiger partial charge in [-0.1, -0.05) is 30.3 Å². The molecule has 6 heterocycles. The summed E-state index contributed by atoms with van der Waals surface area (Å²) in [7, 11) is 0. The second-order valence-electron chi connectivity index (χ2n) is 16.2. The number of anilines is 2. The highest BCUT2D eigenvalue weighted by Crippen LogP contribution is 2.43. The summed E-state index contributed by atoms with van der Waals surface area (Å²) in [5, 5.41) is 15.9. The molecule has 57 heavy (non-hydrogen) atoms. The topological polar surface area (TPSA) is 134 Å². The van der Waals surface area contributed by atoms with Crippen molar-refractivity contribution in [1.29, 1.82) is 5.26 Å². The smallest absolute Gasteiger partial charge is 0.410 e. The standard InChI is InChI=1S/C43H53N9O5/c1-30-24-37-35(25-45-52(37)38-10-6-7-21-55-38)39(31(30)2)48-16-12-34-36(27-48)46-41(57-29-43(13-14-43)50-19-22-54-23-20-50)47-40(34)49-17-18-51(33(26-49)11-15-44)42(53)56-28-32-8-4-3-5-9-32/h3-5,8-9,24-25,33,38H,6-7,10-14,16-23,26-29H2,1-2H3/t33-,38?/m0/s1. The first-order valence-corrected chi connectivity index (χ1v) is 20.7. The van der Waals surface area contributed by atoms with Gasteiger partial charge in [-0.05, 0) is 75.1 Å². The van der Waals surface area contributed by atoms with Crippen molar-refractivity contribution in [2.75, 3.05) is 75.5 Å². The van der Waals surface area contributed by atoms with Crippen molar-refractivity contribution in [3.05, 3.63) is 70.5 Å². The van der Waals surface area contributed by atoms with Gasteiger partial charge in [-0.3, -0.25) is 4.90 Å². The maximum atomic E-state index is 13.4. The summed E-state index contributed by atoms with van der Waals surface area (Å²) in [5.74, 6) is 0.833. The maximum Gasteiger partial charge on any atom is 0.410 e. The van der Waals surface area contributed by atoms with Crippen molar-refractivity contribution >= 4 is 28.5 Å². The predicted octanol–water partition coefficient (Wildman–Crippen LogP) is 5.69. The van der Waals surface area contributed by atoms with E-state index < -0.39 is 6.09 Å². The van der Waals surface area contributed by atoms with Crippen LogP contribution < -0.4 is 14.5 Å². The van der Waals surface area contributed by atoms with Gasteiger partial charge in [-0.2, -0.15) is 20.3 Å². The lowest BCUT2D eigenvalue weighted by atomic mass is 9.99. The van der Waals surface area contributed by atoms with Crippen molar-refractivity contribution in [2.45, 2.75) is 89.8 Å². The van der Waals surface area contributed by atoms with Crippen LogP contribution in [-0.2, 0) is 33.8 Å². The number of nitriles is 1. The molecule has 1 amide bonds. The molecule has 4 aliphatic heterocycles. The van der Waals surface area contributed by atoms with Gasteiger partial charge >= 0.3 is 12.1 Å². The third-order valence-corrected chi connectivity index (χ3v) is 12.7. The molecule has 1 unspecified atom stereocenters. The minimum atomic E-state index is -0.404. The second-order valence-corrected chi connectivity index (χ2v) is 16.2. The van der Waals surface area contributed by atoms with Crippen molar-refractivity contribution in [2.24, 2.45) is 0 Å². The minimum Gasteiger partial charge on any atom is -0.461 e. The average molecular weight is 776 g/mol. The van der Waals surface area contributed by atoms with Crippen LogP contribution in [0, 0.1) is 25.2 Å². The zero-order valence-electron chi connectivity index (χ0n) is 33.2. The highest BCUT2D eigenvalue weighted by molar-refractivity contribution is 5.95. The largest absolute Gasteiger partial charge is 0.461 e. The number of rotatable bonds is 10. The van der Waals surface area contributed by atoms with Crippen LogP contribution in [-0.4, -0.2) is 113 Å². The molecule has 2 aromatic heterocycles. The van der Waals surface area contributed by atoms with Crippen LogP contribution in [0.5, 0.6) is 6.01 Å². The van der Waals surface area contributed by atoms with Gasteiger partial charge in [0.1, 0.15) is 19.0 Å². The monoisotopic (exact) mass is 775 g/mol. The Balaban J connectivity index is 1.01. The van der Waals surface area contributed by atoms with Gasteiger partial charge in [0.15, 0.2) is 6.23 Å². The average Bonchev–Trinajstić information content (AvgIpc) is 3.94. The van der Waals surface area contributed by atoms with E-state index >= 15 is 0 Å². The number of aryl methyl sites for hydroxylation is 1. The number of morpholine rings is 1. The fourth-order valence-corrected chi connectivity index (χ4v) is 9.16. The Bertz CT molecular complexity index is 2120. The summed E-state index contributed by atoms with van der Waals surface area (Å²) >= 11 is 0. The summed E-state index contributed by atoms with van der Waals surface area (Å²) in [6.07, 6.45) is 7.83. The van der Waals surface area contributed by atoms with E-state index in [1.165, 1.54) is 16.8 Å². The zero-order valence-corrected chi connectivity index (χ0v) is 33.2. The molecule has 0 bridgehead atoms. The fourth-order valence-electron chi connectivity index (χ4n) is 9.16. The van der Waals surface area contributed by atoms with Gasteiger partial charge in [0, 0.05) is 56.8 Å². The van der Waals surface area contributed by atoms with Crippen LogP contribution in [0.2, 0.25) is 0 Å². The number of nitrogens with zero attached hydrogens (tertiary/aromatic N) is 9. The van der Waals surface area contributed by atoms with E-state index in [2.05, 4.69) is 45.4 Å². The molecule has 2 aromatic carbocycles. The summed E-state index contributed by atoms with van der Waals surface area (Å²) in [4.78, 5) is 32.6. The van der Waals surface area contributed by atoms with Gasteiger partial charge in [0.05, 0.1) is 66.9 Å². The van der Waals surface area contributed by atoms with E-state index in [9.17, 15) is 10.1 Å². The maximum absolute atomic E-state index is 13.4. The second kappa shape index (κ2) is 16.1. The molecule has 14 heteroatoms. The van der Waals surface area contributed by atoms with Crippen LogP contribution >= 0.6 is 0 Å². The quantitative estimate of drug-likeness (QED) is 0.196. The molecular formula is C43H53N9O5. The summed E-state index contributed by atoms with van der Waals surface area (Å²) in [6, 6.07) is 14.3. The van der Waals surface area contributed by atoms with Gasteiger partial charge in [0.25, 0.3) is 0 Å². The summed E-state index contributed by atoms with van der Waals surface area (Å²) < 4.78 is 26.2. The number of carbonyl (C=O) groups excluding carboxylic acids is 1. The number of ether oxygens (including phenoxy) is 4. The Morgan fingerprint density at radius 1 is 1.02 bits per heavy atom. The molecule has 14 nitrogen and oxygen atoms in total. The van der Waals surface area contributed by atoms with Crippen molar-refractivity contribution < 1.29 is 23.7 Å². The normalized spacial score (nSPS) is 22.2. The molecule has 1 aliphatic carbocycles. The Labute approximate surface area is 334 Å². The number of amides is 1. The summed E-state index contributed by atoms with van der Waals surface area (Å²) in [6.45, 7) is 11.9. The molecule has 0 spiro atoms. The molecule has 0 radical (unpaired) electrons. The van der Waals surface area contributed by atoms with E-state index in [1.807, 2.05) is 36.5 Å². The number of carbonyl (C=O) groups is 1. The number of hydrogen-bond acceptors (Lipinski definition) is 12. The number of fused-ring (bicyclic) bond motifs is 2. The third kappa shape index (κ3) is 7.60. The van der Waals surface area contributed by atoms with Crippen LogP contribution in [0.1, 0.15) is 72.7 Å². The van der Waals surface area contributed by atoms with Gasteiger partial charge in [-0.25, -0.2) is 9.48 Å². The molecule has 2 atom stereocenters. The molecule has 3 saturated heterocycles. The van der Waals surface area contributed by atoms with E-state index in [4.69, 9.17) is 34.0 Å². The zero-order chi connectivity index (χ0) is 38.9. The third-order valence-electron chi connectivity index (χ3n) is 12.7. The number of piperazine rings is 1. The van der Waals surface area contributed by atoms with E-state index in [-0.39, 0.29) is 30.8 Å². The summed E-state index contributed by atoms with van der Waals surface area (Å²) in [5.41, 5.74) is 7.68. The molecule has 4 aromatic rings. The van der Waals surface area contributed by atoms with Crippen LogP contribution in [0.3, 0.4) is 0 Å². The molecule has 5 aliphatic rings. The molecule has 0 N–H and O–H groups in total. The molecular weight excluding hydrogens is 723 g/mol. The first-order chi connectivity index (χ1) is 27.9. The Morgan fingerprint density at radius 3 is 2.63 bits per heavy atom. The molecule has 1 saturated carbocycles. The number of hydrogen-bond donors (Lipinski definition) is 0. The van der Waals surface area contributed by atoms with Gasteiger partial charge in [-0.15, -0.1) is 0 Å². The van der Waals surface area contributed by atoms with Crippen molar-refractivity contribution in [3.63, 3.8) is 0 Å². The number of aromatic nitrogens is 4. The first-order valence-electron chi connectivity index (χ1n) is 20.7. The molecule has 4 fully saturated rings. The minimum absolute atomic E-state index is 0.00857. The lowest BCUT2D eigenvalue weighted by molar-refractivity contribution is -0.0366. The highest BCUT2D eigenvalue weighted by Gasteiger charge is 2.49. The number of benzene rings is 2. The van der Waals surface area contributed by atoms with Crippen LogP contribution in [0.4, 0.5) is 16.3 Å². The van der Waals surface area contributed by atoms with Crippen LogP contribution in [0.25, 0.3) is 10.9 Å². The van der Waals surface area contributed by atoms with Crippen molar-refractivity contribution in [1.82, 2.24) is 29.5 Å². The highest BCUT2D eigenvalue weighted by atomic mass is 16.6. The lowest BCUT2D eigenvalue weighted by Gasteiger charge is -2.42. The van der Waals surface area contributed by atoms with Gasteiger partial charge < -0.3 is 33.6 Å². The van der Waals surface area contributed by atoms with Gasteiger partial charge in [0.2, 0.25) is 0 Å². The van der Waals surface area contributed by atoms with E-state index in [1.54, 1.807) is 4.90 Å². The fraction of sp³-hybridized carbons (Fsp3) is 0.558. The lowest BCUT2D eigenvalue weighted by Crippen LogP contribution is -2.55. The van der Waals surface area contributed by atoms with Crippen molar-refractivity contribution in [3.8, 4) is 12.1 Å². The van der Waals surface area contributed by atoms with E-state index in [0.717, 1.165) is 112 Å². The Kier molecular flexibility index (Phi) is 10.6. The Hall–Kier alpha value is -4.97. The molecule has 9 rings (SSSR count). The molecule has 300 valence electrons. The first kappa shape index (κ1) is 37.6. The van der Waals surface area contributed by atoms with E-state index in [0.29, 0.717) is 38.8 Å². The van der Waals surface area contributed by atoms with Crippen LogP contribution in [0.15, 0.2) is 42.6 Å². The predicted molar refractivity (Wildman–Crippen MR) is 214 cm³/mol. The SMILES string of the molecule is Cc1cc2c(cnn2C2CCCCO2)c(N2CCc3c(nc(OCC4(N5CCOCC5)CC4)nc3N3CCN(C(=O)OCc4ccccc4)[C@@H](CC#N)C3)C2)c1C. The Morgan fingerprint density at radius 2 is 1.86 bits per heavy atom.